The summed E-state index contributed by atoms with van der Waals surface area (Å²) in [6.07, 6.45) is 5.94. The largest absolute Gasteiger partial charge is 0.425 e. The minimum atomic E-state index is -0.852. The molecule has 0 heterocycles. The van der Waals surface area contributed by atoms with E-state index >= 15 is 0 Å². The number of hydrogen-bond donors (Lipinski definition) is 0. The molecule has 0 aromatic heterocycles. The molecule has 0 aromatic rings. The molecule has 0 bridgehead atoms. The van der Waals surface area contributed by atoms with E-state index in [0.29, 0.717) is 12.4 Å². The molecule has 5 nitrogen and oxygen atoms in total. The van der Waals surface area contributed by atoms with Crippen LogP contribution in [0.1, 0.15) is 26.7 Å². The summed E-state index contributed by atoms with van der Waals surface area (Å²) in [7, 11) is 1.57. The Morgan fingerprint density at radius 1 is 1.33 bits per heavy atom. The third kappa shape index (κ3) is 7.34. The summed E-state index contributed by atoms with van der Waals surface area (Å²) >= 11 is 1.01. The van der Waals surface area contributed by atoms with Gasteiger partial charge in [0.1, 0.15) is 0 Å². The van der Waals surface area contributed by atoms with Crippen molar-refractivity contribution in [2.75, 3.05) is 19.5 Å². The minimum absolute atomic E-state index is 0.100. The van der Waals surface area contributed by atoms with Crippen molar-refractivity contribution in [3.8, 4) is 0 Å². The monoisotopic (exact) mass is 314 g/mol. The molecule has 0 aliphatic heterocycles. The Hall–Kier alpha value is -1.27. The van der Waals surface area contributed by atoms with Crippen molar-refractivity contribution in [3.05, 3.63) is 23.8 Å². The van der Waals surface area contributed by atoms with E-state index in [9.17, 15) is 9.59 Å². The van der Waals surface area contributed by atoms with Crippen LogP contribution in [0.5, 0.6) is 0 Å². The number of methoxy groups -OCH3 is 1. The van der Waals surface area contributed by atoms with Gasteiger partial charge < -0.3 is 14.2 Å². The van der Waals surface area contributed by atoms with Crippen LogP contribution in [-0.2, 0) is 19.0 Å². The zero-order valence-electron chi connectivity index (χ0n) is 12.7. The van der Waals surface area contributed by atoms with E-state index < -0.39 is 11.6 Å². The van der Waals surface area contributed by atoms with Gasteiger partial charge in [-0.15, -0.1) is 0 Å². The molecular formula is C15H22O5S. The lowest BCUT2D eigenvalue weighted by Crippen LogP contribution is -2.28. The van der Waals surface area contributed by atoms with Gasteiger partial charge in [0, 0.05) is 18.8 Å². The minimum Gasteiger partial charge on any atom is -0.425 e. The Bertz CT molecular complexity index is 414. The maximum atomic E-state index is 11.8. The lowest BCUT2D eigenvalue weighted by atomic mass is 10.1. The van der Waals surface area contributed by atoms with E-state index in [0.717, 1.165) is 23.8 Å². The van der Waals surface area contributed by atoms with Crippen LogP contribution in [0.4, 0.5) is 4.79 Å². The topological polar surface area (TPSA) is 61.8 Å². The summed E-state index contributed by atoms with van der Waals surface area (Å²) in [5.74, 6) is 0.0297. The van der Waals surface area contributed by atoms with Crippen LogP contribution >= 0.6 is 11.8 Å². The third-order valence-electron chi connectivity index (χ3n) is 2.73. The molecule has 0 aromatic carbocycles. The highest BCUT2D eigenvalue weighted by Gasteiger charge is 2.23. The average molecular weight is 314 g/mol. The molecule has 0 spiro atoms. The molecule has 118 valence electrons. The van der Waals surface area contributed by atoms with Crippen LogP contribution in [0.2, 0.25) is 0 Å². The van der Waals surface area contributed by atoms with Gasteiger partial charge in [-0.05, 0) is 18.2 Å². The van der Waals surface area contributed by atoms with Crippen LogP contribution in [0.25, 0.3) is 0 Å². The molecule has 1 aliphatic carbocycles. The summed E-state index contributed by atoms with van der Waals surface area (Å²) in [6, 6.07) is 0. The second kappa shape index (κ2) is 9.63. The molecule has 21 heavy (non-hydrogen) atoms. The summed E-state index contributed by atoms with van der Waals surface area (Å²) < 4.78 is 15.3. The molecule has 0 saturated heterocycles. The molecule has 0 saturated carbocycles. The highest BCUT2D eigenvalue weighted by Crippen LogP contribution is 2.18. The lowest BCUT2D eigenvalue weighted by molar-refractivity contribution is -0.172. The maximum Gasteiger partial charge on any atom is 0.370 e. The lowest BCUT2D eigenvalue weighted by Gasteiger charge is -2.21. The van der Waals surface area contributed by atoms with E-state index in [4.69, 9.17) is 14.2 Å². The zero-order chi connectivity index (χ0) is 15.7. The van der Waals surface area contributed by atoms with Crippen LogP contribution < -0.4 is 0 Å². The van der Waals surface area contributed by atoms with E-state index in [1.54, 1.807) is 7.11 Å². The van der Waals surface area contributed by atoms with Gasteiger partial charge in [0.2, 0.25) is 0 Å². The Labute approximate surface area is 129 Å². The predicted octanol–water partition coefficient (Wildman–Crippen LogP) is 3.30. The highest BCUT2D eigenvalue weighted by molar-refractivity contribution is 8.13. The second-order valence-corrected chi connectivity index (χ2v) is 5.98. The zero-order valence-corrected chi connectivity index (χ0v) is 13.5. The van der Waals surface area contributed by atoms with E-state index in [-0.39, 0.29) is 18.3 Å². The standard InChI is InChI=1S/C15H22O5S/c1-11(2)14(20-15(17)21-9-8-18-3)19-13(16)10-12-6-4-5-7-12/h4-6,11,14H,7-10H2,1-3H3. The molecule has 1 rings (SSSR count). The molecule has 0 radical (unpaired) electrons. The SMILES string of the molecule is COCCSC(=O)OC(OC(=O)CC1=CC=CC1)C(C)C. The van der Waals surface area contributed by atoms with Crippen molar-refractivity contribution in [1.29, 1.82) is 0 Å². The molecule has 6 heteroatoms. The Kier molecular flexibility index (Phi) is 8.15. The molecule has 0 amide bonds. The molecule has 1 unspecified atom stereocenters. The van der Waals surface area contributed by atoms with Gasteiger partial charge >= 0.3 is 11.3 Å². The molecule has 0 N–H and O–H groups in total. The number of ether oxygens (including phenoxy) is 3. The van der Waals surface area contributed by atoms with E-state index in [1.165, 1.54) is 0 Å². The first-order chi connectivity index (χ1) is 10.0. The van der Waals surface area contributed by atoms with Crippen molar-refractivity contribution < 1.29 is 23.8 Å². The van der Waals surface area contributed by atoms with Crippen LogP contribution in [-0.4, -0.2) is 37.0 Å². The van der Waals surface area contributed by atoms with Crippen molar-refractivity contribution in [2.24, 2.45) is 5.92 Å². The van der Waals surface area contributed by atoms with Gasteiger partial charge in [-0.25, -0.2) is 4.79 Å². The molecule has 1 atom stereocenters. The van der Waals surface area contributed by atoms with Crippen LogP contribution in [0, 0.1) is 5.92 Å². The number of carbonyl (C=O) groups is 2. The first-order valence-corrected chi connectivity index (χ1v) is 7.88. The average Bonchev–Trinajstić information content (AvgIpc) is 2.90. The van der Waals surface area contributed by atoms with Gasteiger partial charge in [0.05, 0.1) is 13.0 Å². The Morgan fingerprint density at radius 2 is 2.10 bits per heavy atom. The summed E-state index contributed by atoms with van der Waals surface area (Å²) in [6.45, 7) is 4.13. The van der Waals surface area contributed by atoms with E-state index in [2.05, 4.69) is 0 Å². The van der Waals surface area contributed by atoms with Crippen molar-refractivity contribution in [3.63, 3.8) is 0 Å². The first kappa shape index (κ1) is 17.8. The third-order valence-corrected chi connectivity index (χ3v) is 3.43. The Morgan fingerprint density at radius 3 is 2.67 bits per heavy atom. The van der Waals surface area contributed by atoms with Crippen molar-refractivity contribution in [2.45, 2.75) is 33.0 Å². The van der Waals surface area contributed by atoms with Gasteiger partial charge in [-0.2, -0.15) is 0 Å². The second-order valence-electron chi connectivity index (χ2n) is 4.95. The fourth-order valence-corrected chi connectivity index (χ4v) is 2.19. The van der Waals surface area contributed by atoms with Crippen LogP contribution in [0.15, 0.2) is 23.8 Å². The summed E-state index contributed by atoms with van der Waals surface area (Å²) in [4.78, 5) is 23.5. The number of hydrogen-bond acceptors (Lipinski definition) is 6. The first-order valence-electron chi connectivity index (χ1n) is 6.89. The fourth-order valence-electron chi connectivity index (χ4n) is 1.61. The number of rotatable bonds is 8. The van der Waals surface area contributed by atoms with Crippen molar-refractivity contribution in [1.82, 2.24) is 0 Å². The summed E-state index contributed by atoms with van der Waals surface area (Å²) in [5.41, 5.74) is 1.00. The van der Waals surface area contributed by atoms with Gasteiger partial charge in [0.25, 0.3) is 6.29 Å². The van der Waals surface area contributed by atoms with E-state index in [1.807, 2.05) is 32.1 Å². The van der Waals surface area contributed by atoms with Crippen LogP contribution in [0.3, 0.4) is 0 Å². The quantitative estimate of drug-likeness (QED) is 0.389. The predicted molar refractivity (Wildman–Crippen MR) is 82.0 cm³/mol. The van der Waals surface area contributed by atoms with Gasteiger partial charge in [-0.3, -0.25) is 4.79 Å². The van der Waals surface area contributed by atoms with Crippen molar-refractivity contribution >= 4 is 23.0 Å². The summed E-state index contributed by atoms with van der Waals surface area (Å²) in [5, 5.41) is -0.458. The number of esters is 1. The smallest absolute Gasteiger partial charge is 0.370 e. The Balaban J connectivity index is 2.38. The highest BCUT2D eigenvalue weighted by atomic mass is 32.2. The molecule has 1 aliphatic rings. The molecular weight excluding hydrogens is 292 g/mol. The number of thioether (sulfide) groups is 1. The maximum absolute atomic E-state index is 11.8. The molecule has 0 fully saturated rings. The fraction of sp³-hybridized carbons (Fsp3) is 0.600. The normalized spacial score (nSPS) is 15.0. The van der Waals surface area contributed by atoms with Gasteiger partial charge in [0.15, 0.2) is 0 Å². The van der Waals surface area contributed by atoms with Gasteiger partial charge in [-0.1, -0.05) is 37.6 Å². The number of allylic oxidation sites excluding steroid dienone is 3. The number of carbonyl (C=O) groups excluding carboxylic acids is 2.